The molecule has 1 unspecified atom stereocenters. The number of fused-ring (bicyclic) bond motifs is 13. The summed E-state index contributed by atoms with van der Waals surface area (Å²) in [6.07, 6.45) is 0. The smallest absolute Gasteiger partial charge is 0.139 e. The summed E-state index contributed by atoms with van der Waals surface area (Å²) < 4.78 is 6.86. The van der Waals surface area contributed by atoms with Crippen molar-refractivity contribution in [2.45, 2.75) is 11.3 Å². The van der Waals surface area contributed by atoms with Gasteiger partial charge in [0.15, 0.2) is 0 Å². The lowest BCUT2D eigenvalue weighted by Crippen LogP contribution is -2.28. The van der Waals surface area contributed by atoms with Gasteiger partial charge in [0, 0.05) is 22.3 Å². The number of hydrogen-bond donors (Lipinski definition) is 0. The first-order chi connectivity index (χ1) is 25.3. The first-order valence-electron chi connectivity index (χ1n) is 17.8. The Bertz CT molecular complexity index is 2760. The van der Waals surface area contributed by atoms with Gasteiger partial charge in [0.05, 0.1) is 5.41 Å². The van der Waals surface area contributed by atoms with E-state index in [0.717, 1.165) is 21.9 Å². The Morgan fingerprint density at radius 3 is 1.57 bits per heavy atom. The Labute approximate surface area is 297 Å². The van der Waals surface area contributed by atoms with Gasteiger partial charge in [0.25, 0.3) is 0 Å². The monoisotopic (exact) mass is 648 g/mol. The predicted octanol–water partition coefficient (Wildman–Crippen LogP) is 12.8. The molecule has 1 spiro atoms. The van der Waals surface area contributed by atoms with Crippen molar-refractivity contribution in [1.82, 2.24) is 0 Å². The lowest BCUT2D eigenvalue weighted by atomic mass is 9.66. The zero-order chi connectivity index (χ0) is 33.5. The summed E-state index contributed by atoms with van der Waals surface area (Å²) in [5.41, 5.74) is 18.2. The van der Waals surface area contributed by atoms with Gasteiger partial charge in [-0.05, 0) is 72.8 Å². The van der Waals surface area contributed by atoms with E-state index in [0.29, 0.717) is 0 Å². The van der Waals surface area contributed by atoms with Crippen molar-refractivity contribution in [2.75, 3.05) is 0 Å². The highest BCUT2D eigenvalue weighted by Gasteiger charge is 2.53. The van der Waals surface area contributed by atoms with Gasteiger partial charge in [-0.3, -0.25) is 0 Å². The van der Waals surface area contributed by atoms with Crippen LogP contribution in [0.3, 0.4) is 0 Å². The maximum atomic E-state index is 6.86. The molecule has 1 atom stereocenters. The minimum absolute atomic E-state index is 0.133. The standard InChI is InChI=1S/C50H32O/c1-2-16-32(17-3-1)33-18-4-5-23-38(33)47(42-27-15-25-40-37-22-9-13-31-46(37)51-49(40)42)41-26-14-24-39-36-21-8-12-30-45(36)50(48(39)41)43-28-10-6-19-34(43)35-20-7-11-29-44(35)50/h1-31,47H. The molecule has 8 aromatic carbocycles. The molecule has 1 aromatic heterocycles. The third kappa shape index (κ3) is 3.81. The molecule has 1 heteroatoms. The normalized spacial score (nSPS) is 14.0. The van der Waals surface area contributed by atoms with E-state index in [4.69, 9.17) is 4.42 Å². The van der Waals surface area contributed by atoms with Gasteiger partial charge in [0.1, 0.15) is 11.2 Å². The molecule has 0 radical (unpaired) electrons. The van der Waals surface area contributed by atoms with E-state index < -0.39 is 5.41 Å². The van der Waals surface area contributed by atoms with Gasteiger partial charge < -0.3 is 4.42 Å². The molecule has 9 aromatic rings. The Balaban J connectivity index is 1.31. The summed E-state index contributed by atoms with van der Waals surface area (Å²) in [6.45, 7) is 0. The second-order valence-electron chi connectivity index (χ2n) is 13.9. The van der Waals surface area contributed by atoms with Crippen molar-refractivity contribution >= 4 is 21.9 Å². The van der Waals surface area contributed by atoms with Crippen LogP contribution in [0.4, 0.5) is 0 Å². The van der Waals surface area contributed by atoms with Crippen LogP contribution in [0.25, 0.3) is 55.3 Å². The zero-order valence-corrected chi connectivity index (χ0v) is 27.9. The van der Waals surface area contributed by atoms with Crippen LogP contribution >= 0.6 is 0 Å². The summed E-state index contributed by atoms with van der Waals surface area (Å²) in [6, 6.07) is 69.2. The summed E-state index contributed by atoms with van der Waals surface area (Å²) in [5.74, 6) is -0.133. The summed E-state index contributed by atoms with van der Waals surface area (Å²) >= 11 is 0. The Kier molecular flexibility index (Phi) is 6.00. The van der Waals surface area contributed by atoms with Gasteiger partial charge in [-0.2, -0.15) is 0 Å². The van der Waals surface area contributed by atoms with Crippen LogP contribution in [0.2, 0.25) is 0 Å². The highest BCUT2D eigenvalue weighted by atomic mass is 16.3. The van der Waals surface area contributed by atoms with E-state index in [-0.39, 0.29) is 5.92 Å². The van der Waals surface area contributed by atoms with Crippen LogP contribution in [0.5, 0.6) is 0 Å². The molecule has 2 aliphatic rings. The number of benzene rings is 8. The van der Waals surface area contributed by atoms with Crippen LogP contribution in [-0.4, -0.2) is 0 Å². The highest BCUT2D eigenvalue weighted by molar-refractivity contribution is 6.06. The molecule has 0 saturated heterocycles. The molecule has 0 aliphatic heterocycles. The fraction of sp³-hybridized carbons (Fsp3) is 0.0400. The Hall–Kier alpha value is -6.44. The Morgan fingerprint density at radius 2 is 0.843 bits per heavy atom. The molecular weight excluding hydrogens is 617 g/mol. The quantitative estimate of drug-likeness (QED) is 0.173. The fourth-order valence-corrected chi connectivity index (χ4v) is 9.56. The lowest BCUT2D eigenvalue weighted by molar-refractivity contribution is 0.660. The summed E-state index contributed by atoms with van der Waals surface area (Å²) in [4.78, 5) is 0. The molecule has 2 aliphatic carbocycles. The third-order valence-electron chi connectivity index (χ3n) is 11.5. The zero-order valence-electron chi connectivity index (χ0n) is 27.9. The minimum atomic E-state index is -0.475. The first-order valence-corrected chi connectivity index (χ1v) is 17.8. The second-order valence-corrected chi connectivity index (χ2v) is 13.9. The molecule has 0 saturated carbocycles. The van der Waals surface area contributed by atoms with Gasteiger partial charge in [-0.15, -0.1) is 0 Å². The second kappa shape index (κ2) is 10.8. The van der Waals surface area contributed by atoms with Crippen molar-refractivity contribution in [3.8, 4) is 33.4 Å². The molecule has 0 bridgehead atoms. The summed E-state index contributed by atoms with van der Waals surface area (Å²) in [7, 11) is 0. The van der Waals surface area contributed by atoms with Crippen LogP contribution < -0.4 is 0 Å². The van der Waals surface area contributed by atoms with Crippen molar-refractivity contribution in [3.63, 3.8) is 0 Å². The highest BCUT2D eigenvalue weighted by Crippen LogP contribution is 2.64. The van der Waals surface area contributed by atoms with Crippen molar-refractivity contribution in [3.05, 3.63) is 227 Å². The maximum absolute atomic E-state index is 6.86. The number of rotatable bonds is 4. The van der Waals surface area contributed by atoms with E-state index >= 15 is 0 Å². The van der Waals surface area contributed by atoms with E-state index in [1.165, 1.54) is 72.3 Å². The lowest BCUT2D eigenvalue weighted by Gasteiger charge is -2.34. The molecule has 0 fully saturated rings. The molecule has 11 rings (SSSR count). The molecule has 1 heterocycles. The van der Waals surface area contributed by atoms with Crippen molar-refractivity contribution < 1.29 is 4.42 Å². The van der Waals surface area contributed by atoms with E-state index in [1.54, 1.807) is 0 Å². The molecule has 0 amide bonds. The number of hydrogen-bond acceptors (Lipinski definition) is 1. The molecule has 238 valence electrons. The van der Waals surface area contributed by atoms with Crippen molar-refractivity contribution in [1.29, 1.82) is 0 Å². The van der Waals surface area contributed by atoms with Gasteiger partial charge >= 0.3 is 0 Å². The average Bonchev–Trinajstić information content (AvgIpc) is 3.84. The SMILES string of the molecule is c1ccc(-c2ccccc2C(c2cccc3c2C2(c4ccccc4-c4ccccc42)c2ccccc2-3)c2cccc3c2oc2ccccc23)cc1. The third-order valence-corrected chi connectivity index (χ3v) is 11.5. The number of furan rings is 1. The van der Waals surface area contributed by atoms with Gasteiger partial charge in [0.2, 0.25) is 0 Å². The van der Waals surface area contributed by atoms with E-state index in [9.17, 15) is 0 Å². The predicted molar refractivity (Wildman–Crippen MR) is 209 cm³/mol. The maximum Gasteiger partial charge on any atom is 0.139 e. The molecule has 1 nitrogen and oxygen atoms in total. The topological polar surface area (TPSA) is 13.1 Å². The van der Waals surface area contributed by atoms with Crippen LogP contribution in [0.1, 0.15) is 44.9 Å². The van der Waals surface area contributed by atoms with Crippen molar-refractivity contribution in [2.24, 2.45) is 0 Å². The number of para-hydroxylation sites is 2. The molecule has 0 N–H and O–H groups in total. The minimum Gasteiger partial charge on any atom is -0.456 e. The van der Waals surface area contributed by atoms with Gasteiger partial charge in [-0.25, -0.2) is 0 Å². The van der Waals surface area contributed by atoms with E-state index in [1.807, 2.05) is 0 Å². The molecule has 51 heavy (non-hydrogen) atoms. The van der Waals surface area contributed by atoms with Crippen LogP contribution in [0.15, 0.2) is 192 Å². The van der Waals surface area contributed by atoms with E-state index in [2.05, 4.69) is 188 Å². The fourth-order valence-electron chi connectivity index (χ4n) is 9.56. The van der Waals surface area contributed by atoms with Crippen LogP contribution in [-0.2, 0) is 5.41 Å². The largest absolute Gasteiger partial charge is 0.456 e. The Morgan fingerprint density at radius 1 is 0.353 bits per heavy atom. The first kappa shape index (κ1) is 28.4. The van der Waals surface area contributed by atoms with Crippen LogP contribution in [0, 0.1) is 0 Å². The molecular formula is C50H32O. The average molecular weight is 649 g/mol. The summed E-state index contributed by atoms with van der Waals surface area (Å²) in [5, 5.41) is 2.29. The van der Waals surface area contributed by atoms with Gasteiger partial charge in [-0.1, -0.05) is 182 Å².